The topological polar surface area (TPSA) is 134 Å². The van der Waals surface area contributed by atoms with Crippen molar-refractivity contribution < 1.29 is 23.8 Å². The van der Waals surface area contributed by atoms with Crippen molar-refractivity contribution in [3.63, 3.8) is 0 Å². The molecule has 1 aromatic rings. The molecule has 3 N–H and O–H groups in total. The van der Waals surface area contributed by atoms with Gasteiger partial charge in [-0.1, -0.05) is 6.42 Å². The molecule has 2 aliphatic rings. The van der Waals surface area contributed by atoms with Gasteiger partial charge in [0, 0.05) is 31.3 Å². The molecular weight excluding hydrogens is 365 g/mol. The van der Waals surface area contributed by atoms with Crippen LogP contribution in [0.4, 0.5) is 0 Å². The highest BCUT2D eigenvalue weighted by Crippen LogP contribution is 2.48. The van der Waals surface area contributed by atoms with Gasteiger partial charge in [-0.2, -0.15) is 0 Å². The van der Waals surface area contributed by atoms with E-state index in [1.165, 1.54) is 15.4 Å². The Balaban J connectivity index is 1.64. The van der Waals surface area contributed by atoms with Gasteiger partial charge >= 0.3 is 13.4 Å². The highest BCUT2D eigenvalue weighted by atomic mass is 31.2. The molecule has 2 aliphatic heterocycles. The zero-order valence-corrected chi connectivity index (χ0v) is 15.4. The lowest BCUT2D eigenvalue weighted by atomic mass is 10.2. The molecule has 26 heavy (non-hydrogen) atoms. The maximum atomic E-state index is 12.3. The zero-order chi connectivity index (χ0) is 18.9. The Hall–Kier alpha value is -1.29. The fourth-order valence-electron chi connectivity index (χ4n) is 3.22. The Morgan fingerprint density at radius 3 is 2.73 bits per heavy atom. The van der Waals surface area contributed by atoms with Crippen LogP contribution in [0.3, 0.4) is 0 Å². The molecule has 0 aliphatic carbocycles. The van der Waals surface area contributed by atoms with E-state index >= 15 is 0 Å². The number of ether oxygens (including phenoxy) is 1. The third-order valence-corrected chi connectivity index (χ3v) is 6.36. The monoisotopic (exact) mass is 389 g/mol. The molecule has 146 valence electrons. The highest BCUT2D eigenvalue weighted by molar-refractivity contribution is 7.50. The molecule has 0 bridgehead atoms. The summed E-state index contributed by atoms with van der Waals surface area (Å²) in [6, 6.07) is 0. The summed E-state index contributed by atoms with van der Waals surface area (Å²) in [5.74, 6) is 0. The second-order valence-corrected chi connectivity index (χ2v) is 8.52. The van der Waals surface area contributed by atoms with Crippen molar-refractivity contribution in [3.8, 4) is 0 Å². The minimum atomic E-state index is -3.94. The van der Waals surface area contributed by atoms with Crippen LogP contribution in [0.5, 0.6) is 0 Å². The molecule has 0 aromatic carbocycles. The number of piperidine rings is 1. The number of aliphatic hydroxyl groups is 1. The smallest absolute Gasteiger partial charge is 0.390 e. The molecule has 1 unspecified atom stereocenters. The number of aliphatic hydroxyl groups excluding tert-OH is 1. The first kappa shape index (κ1) is 19.5. The maximum Gasteiger partial charge on any atom is 0.405 e. The molecule has 0 radical (unpaired) electrons. The van der Waals surface area contributed by atoms with E-state index in [1.807, 2.05) is 0 Å². The first-order valence-electron chi connectivity index (χ1n) is 8.66. The first-order valence-corrected chi connectivity index (χ1v) is 10.2. The summed E-state index contributed by atoms with van der Waals surface area (Å²) in [6.07, 6.45) is 1.60. The maximum absolute atomic E-state index is 12.3. The van der Waals surface area contributed by atoms with E-state index in [9.17, 15) is 24.2 Å². The highest BCUT2D eigenvalue weighted by Gasteiger charge is 2.39. The fourth-order valence-corrected chi connectivity index (χ4v) is 4.51. The van der Waals surface area contributed by atoms with E-state index in [1.54, 1.807) is 6.92 Å². The van der Waals surface area contributed by atoms with Gasteiger partial charge in [0.2, 0.25) is 0 Å². The molecule has 1 aromatic heterocycles. The van der Waals surface area contributed by atoms with Crippen molar-refractivity contribution in [2.45, 2.75) is 51.0 Å². The van der Waals surface area contributed by atoms with Crippen LogP contribution in [0, 0.1) is 6.92 Å². The number of rotatable bonds is 5. The first-order chi connectivity index (χ1) is 12.3. The van der Waals surface area contributed by atoms with E-state index in [2.05, 4.69) is 4.98 Å². The van der Waals surface area contributed by atoms with E-state index in [4.69, 9.17) is 9.26 Å². The Morgan fingerprint density at radius 2 is 2.04 bits per heavy atom. The van der Waals surface area contributed by atoms with Crippen LogP contribution in [-0.2, 0) is 13.8 Å². The fraction of sp³-hybridized carbons (Fsp3) is 0.733. The number of hydrogen-bond acceptors (Lipinski definition) is 6. The Kier molecular flexibility index (Phi) is 5.81. The molecule has 2 saturated heterocycles. The molecule has 0 saturated carbocycles. The lowest BCUT2D eigenvalue weighted by Gasteiger charge is -2.30. The zero-order valence-electron chi connectivity index (χ0n) is 14.5. The molecule has 3 heterocycles. The number of aromatic nitrogens is 2. The molecule has 0 spiro atoms. The van der Waals surface area contributed by atoms with Crippen molar-refractivity contribution in [2.24, 2.45) is 0 Å². The summed E-state index contributed by atoms with van der Waals surface area (Å²) in [7, 11) is -3.94. The van der Waals surface area contributed by atoms with E-state index in [-0.39, 0.29) is 13.0 Å². The third-order valence-electron chi connectivity index (χ3n) is 4.76. The van der Waals surface area contributed by atoms with Crippen LogP contribution in [0.2, 0.25) is 0 Å². The van der Waals surface area contributed by atoms with Gasteiger partial charge in [-0.15, -0.1) is 0 Å². The van der Waals surface area contributed by atoms with Crippen molar-refractivity contribution in [2.75, 3.05) is 19.7 Å². The second kappa shape index (κ2) is 7.75. The lowest BCUT2D eigenvalue weighted by Crippen LogP contribution is -2.33. The van der Waals surface area contributed by atoms with Gasteiger partial charge in [0.15, 0.2) is 0 Å². The number of aryl methyl sites for hydroxylation is 1. The van der Waals surface area contributed by atoms with Gasteiger partial charge in [-0.25, -0.2) is 14.0 Å². The summed E-state index contributed by atoms with van der Waals surface area (Å²) < 4.78 is 25.8. The normalized spacial score (nSPS) is 29.6. The summed E-state index contributed by atoms with van der Waals surface area (Å²) in [5.41, 5.74) is -0.778. The summed E-state index contributed by atoms with van der Waals surface area (Å²) in [4.78, 5) is 35.7. The number of nitrogens with one attached hydrogen (secondary N) is 1. The third kappa shape index (κ3) is 4.16. The molecule has 0 amide bonds. The summed E-state index contributed by atoms with van der Waals surface area (Å²) in [5, 5.41) is 10.2. The average molecular weight is 389 g/mol. The minimum absolute atomic E-state index is 0.110. The van der Waals surface area contributed by atoms with E-state index < -0.39 is 37.4 Å². The molecule has 11 heteroatoms. The van der Waals surface area contributed by atoms with Crippen LogP contribution in [0.25, 0.3) is 0 Å². The number of hydrogen-bond donors (Lipinski definition) is 3. The van der Waals surface area contributed by atoms with Gasteiger partial charge in [0.25, 0.3) is 5.56 Å². The van der Waals surface area contributed by atoms with Crippen LogP contribution >= 0.6 is 7.75 Å². The van der Waals surface area contributed by atoms with Gasteiger partial charge in [-0.3, -0.25) is 18.9 Å². The molecule has 2 fully saturated rings. The SMILES string of the molecule is Cc1cn([C@H]2C[C@H](O)[C@@H](COP(=O)(O)N3CCCCC3)O2)c(=O)[nH]c1=O. The predicted octanol–water partition coefficient (Wildman–Crippen LogP) is 0.0963. The van der Waals surface area contributed by atoms with Crippen LogP contribution < -0.4 is 11.2 Å². The van der Waals surface area contributed by atoms with Crippen LogP contribution in [0.1, 0.15) is 37.5 Å². The molecule has 10 nitrogen and oxygen atoms in total. The second-order valence-electron chi connectivity index (χ2n) is 6.71. The Bertz CT molecular complexity index is 801. The minimum Gasteiger partial charge on any atom is -0.390 e. The summed E-state index contributed by atoms with van der Waals surface area (Å²) in [6.45, 7) is 2.29. The molecular formula is C15H24N3O7P. The van der Waals surface area contributed by atoms with Gasteiger partial charge < -0.3 is 14.7 Å². The predicted molar refractivity (Wildman–Crippen MR) is 91.8 cm³/mol. The Morgan fingerprint density at radius 1 is 1.35 bits per heavy atom. The van der Waals surface area contributed by atoms with E-state index in [0.29, 0.717) is 18.7 Å². The van der Waals surface area contributed by atoms with Crippen molar-refractivity contribution in [1.29, 1.82) is 0 Å². The quantitative estimate of drug-likeness (QED) is 0.604. The van der Waals surface area contributed by atoms with Crippen LogP contribution in [0.15, 0.2) is 15.8 Å². The largest absolute Gasteiger partial charge is 0.405 e. The number of aromatic amines is 1. The average Bonchev–Trinajstić information content (AvgIpc) is 2.98. The van der Waals surface area contributed by atoms with Gasteiger partial charge in [-0.05, 0) is 19.8 Å². The molecule has 4 atom stereocenters. The van der Waals surface area contributed by atoms with Gasteiger partial charge in [0.05, 0.1) is 12.7 Å². The number of H-pyrrole nitrogens is 1. The van der Waals surface area contributed by atoms with E-state index in [0.717, 1.165) is 19.3 Å². The van der Waals surface area contributed by atoms with Gasteiger partial charge in [0.1, 0.15) is 12.3 Å². The standard InChI is InChI=1S/C15H24N3O7P/c1-10-8-18(15(21)16-14(10)20)13-7-11(19)12(25-13)9-24-26(22,23)17-5-3-2-4-6-17/h8,11-13,19H,2-7,9H2,1H3,(H,22,23)(H,16,20,21)/t11-,12+,13+/m0/s1. The number of nitrogens with zero attached hydrogens (tertiary/aromatic N) is 2. The van der Waals surface area contributed by atoms with Crippen LogP contribution in [-0.4, -0.2) is 56.1 Å². The van der Waals surface area contributed by atoms with Crippen molar-refractivity contribution in [3.05, 3.63) is 32.6 Å². The van der Waals surface area contributed by atoms with Crippen molar-refractivity contribution >= 4 is 7.75 Å². The van der Waals surface area contributed by atoms with Crippen molar-refractivity contribution in [1.82, 2.24) is 14.2 Å². The lowest BCUT2D eigenvalue weighted by molar-refractivity contribution is -0.0445. The Labute approximate surface area is 150 Å². The molecule has 3 rings (SSSR count). The summed E-state index contributed by atoms with van der Waals surface area (Å²) >= 11 is 0.